The second kappa shape index (κ2) is 8.44. The van der Waals surface area contributed by atoms with Crippen LogP contribution in [0.3, 0.4) is 0 Å². The highest BCUT2D eigenvalue weighted by Gasteiger charge is 2.54. The Morgan fingerprint density at radius 3 is 2.06 bits per heavy atom. The third kappa shape index (κ3) is 3.83. The van der Waals surface area contributed by atoms with Gasteiger partial charge in [0.1, 0.15) is 6.10 Å². The molecule has 3 aromatic rings. The molecule has 2 aromatic carbocycles. The minimum absolute atomic E-state index is 0.0240. The molecule has 5 atom stereocenters. The highest BCUT2D eigenvalue weighted by atomic mass is 16.7. The van der Waals surface area contributed by atoms with Gasteiger partial charge in [0.25, 0.3) is 0 Å². The van der Waals surface area contributed by atoms with Crippen molar-refractivity contribution < 1.29 is 4.84 Å². The molecule has 31 heavy (non-hydrogen) atoms. The van der Waals surface area contributed by atoms with Gasteiger partial charge in [-0.15, -0.1) is 0 Å². The average molecular weight is 419 g/mol. The van der Waals surface area contributed by atoms with E-state index >= 15 is 0 Å². The van der Waals surface area contributed by atoms with Crippen LogP contribution in [-0.4, -0.2) is 20.7 Å². The van der Waals surface area contributed by atoms with E-state index in [-0.39, 0.29) is 17.2 Å². The Morgan fingerprint density at radius 2 is 1.52 bits per heavy atom. The Bertz CT molecular complexity index is 979. The fourth-order valence-corrected chi connectivity index (χ4v) is 5.53. The molecule has 0 bridgehead atoms. The summed E-state index contributed by atoms with van der Waals surface area (Å²) in [4.78, 5) is 6.83. The van der Waals surface area contributed by atoms with Crippen LogP contribution >= 0.6 is 0 Å². The molecule has 2 heterocycles. The second-order valence-corrected chi connectivity index (χ2v) is 9.91. The molecule has 1 fully saturated rings. The maximum absolute atomic E-state index is 6.83. The van der Waals surface area contributed by atoms with E-state index in [2.05, 4.69) is 118 Å². The van der Waals surface area contributed by atoms with Crippen molar-refractivity contribution in [1.82, 2.24) is 9.63 Å². The number of benzene rings is 2. The zero-order valence-electron chi connectivity index (χ0n) is 20.0. The number of hydroxylamine groups is 2. The highest BCUT2D eigenvalue weighted by molar-refractivity contribution is 5.82. The van der Waals surface area contributed by atoms with Gasteiger partial charge in [0.15, 0.2) is 0 Å². The number of fused-ring (bicyclic) bond motifs is 1. The number of nitrogens with zero attached hydrogens (tertiary/aromatic N) is 2. The summed E-state index contributed by atoms with van der Waals surface area (Å²) in [7, 11) is 0. The largest absolute Gasteiger partial charge is 0.350 e. The molecule has 0 amide bonds. The summed E-state index contributed by atoms with van der Waals surface area (Å²) in [5.74, 6) is 0.446. The monoisotopic (exact) mass is 418 g/mol. The van der Waals surface area contributed by atoms with Gasteiger partial charge in [-0.25, -0.2) is 0 Å². The molecular weight excluding hydrogens is 380 g/mol. The van der Waals surface area contributed by atoms with E-state index in [1.54, 1.807) is 0 Å². The summed E-state index contributed by atoms with van der Waals surface area (Å²) in [5.41, 5.74) is 1.13. The van der Waals surface area contributed by atoms with Crippen molar-refractivity contribution >= 4 is 10.8 Å². The number of piperidine rings is 1. The Balaban J connectivity index is 1.70. The first-order chi connectivity index (χ1) is 14.8. The zero-order chi connectivity index (χ0) is 22.2. The minimum atomic E-state index is -0.0623. The molecule has 0 saturated carbocycles. The fraction of sp³-hybridized carbons (Fsp3) is 0.500. The van der Waals surface area contributed by atoms with E-state index in [0.717, 1.165) is 19.3 Å². The van der Waals surface area contributed by atoms with Crippen LogP contribution in [0.4, 0.5) is 0 Å². The van der Waals surface area contributed by atoms with Crippen LogP contribution in [0.15, 0.2) is 67.0 Å². The first kappa shape index (κ1) is 22.1. The molecule has 0 aliphatic carbocycles. The number of hydrogen-bond acceptors (Lipinski definition) is 2. The fourth-order valence-electron chi connectivity index (χ4n) is 5.53. The summed E-state index contributed by atoms with van der Waals surface area (Å²) in [5, 5.41) is 5.03. The van der Waals surface area contributed by atoms with Crippen LogP contribution < -0.4 is 0 Å². The molecule has 1 aliphatic heterocycles. The van der Waals surface area contributed by atoms with Gasteiger partial charge in [-0.1, -0.05) is 75.4 Å². The summed E-state index contributed by atoms with van der Waals surface area (Å²) in [6.07, 6.45) is 7.87. The van der Waals surface area contributed by atoms with Gasteiger partial charge in [0.2, 0.25) is 0 Å². The molecular formula is C28H38N2O. The van der Waals surface area contributed by atoms with Crippen molar-refractivity contribution in [2.45, 2.75) is 84.0 Å². The summed E-state index contributed by atoms with van der Waals surface area (Å²) in [6, 6.07) is 19.7. The van der Waals surface area contributed by atoms with Gasteiger partial charge in [0.05, 0.1) is 0 Å². The van der Waals surface area contributed by atoms with Gasteiger partial charge in [-0.3, -0.25) is 4.84 Å². The van der Waals surface area contributed by atoms with Gasteiger partial charge in [0, 0.05) is 29.5 Å². The molecule has 4 rings (SSSR count). The molecule has 5 unspecified atom stereocenters. The zero-order valence-corrected chi connectivity index (χ0v) is 20.0. The lowest BCUT2D eigenvalue weighted by Crippen LogP contribution is -2.66. The lowest BCUT2D eigenvalue weighted by Gasteiger charge is -2.60. The van der Waals surface area contributed by atoms with Gasteiger partial charge >= 0.3 is 0 Å². The van der Waals surface area contributed by atoms with Gasteiger partial charge < -0.3 is 4.57 Å². The van der Waals surface area contributed by atoms with Gasteiger partial charge in [-0.05, 0) is 62.3 Å². The normalized spacial score (nSPS) is 30.5. The standard InChI is InChI=1S/C28H38N2O/c1-7-27(5)18-26(29-19-24-16-12-13-17-25(24)20-29)21(3)28(6,8-2)30(27)31-22(4)23-14-10-9-11-15-23/h9-17,19-22,26H,7-8,18H2,1-6H3. The predicted molar refractivity (Wildman–Crippen MR) is 130 cm³/mol. The lowest BCUT2D eigenvalue weighted by molar-refractivity contribution is -0.330. The van der Waals surface area contributed by atoms with Crippen molar-refractivity contribution in [3.05, 3.63) is 72.6 Å². The third-order valence-electron chi connectivity index (χ3n) is 8.13. The van der Waals surface area contributed by atoms with E-state index in [1.165, 1.54) is 16.3 Å². The second-order valence-electron chi connectivity index (χ2n) is 9.91. The van der Waals surface area contributed by atoms with E-state index in [9.17, 15) is 0 Å². The van der Waals surface area contributed by atoms with Crippen molar-refractivity contribution in [3.8, 4) is 0 Å². The number of rotatable bonds is 6. The summed E-state index contributed by atoms with van der Waals surface area (Å²) < 4.78 is 2.48. The topological polar surface area (TPSA) is 17.4 Å². The third-order valence-corrected chi connectivity index (χ3v) is 8.13. The molecule has 3 nitrogen and oxygen atoms in total. The summed E-state index contributed by atoms with van der Waals surface area (Å²) in [6.45, 7) is 14.0. The first-order valence-corrected chi connectivity index (χ1v) is 11.9. The maximum atomic E-state index is 6.83. The van der Waals surface area contributed by atoms with Crippen molar-refractivity contribution in [2.24, 2.45) is 5.92 Å². The first-order valence-electron chi connectivity index (χ1n) is 11.9. The van der Waals surface area contributed by atoms with Crippen LogP contribution in [0.1, 0.15) is 78.5 Å². The van der Waals surface area contributed by atoms with E-state index in [4.69, 9.17) is 4.84 Å². The van der Waals surface area contributed by atoms with Crippen LogP contribution in [0.2, 0.25) is 0 Å². The molecule has 1 aromatic heterocycles. The Kier molecular flexibility index (Phi) is 6.02. The molecule has 1 saturated heterocycles. The summed E-state index contributed by atoms with van der Waals surface area (Å²) >= 11 is 0. The van der Waals surface area contributed by atoms with Crippen molar-refractivity contribution in [1.29, 1.82) is 0 Å². The van der Waals surface area contributed by atoms with Crippen LogP contribution in [-0.2, 0) is 4.84 Å². The molecule has 166 valence electrons. The molecule has 0 spiro atoms. The lowest BCUT2D eigenvalue weighted by atomic mass is 9.68. The van der Waals surface area contributed by atoms with Crippen molar-refractivity contribution in [3.63, 3.8) is 0 Å². The van der Waals surface area contributed by atoms with Crippen LogP contribution in [0.25, 0.3) is 10.8 Å². The Labute approximate surface area is 188 Å². The van der Waals surface area contributed by atoms with E-state index < -0.39 is 0 Å². The van der Waals surface area contributed by atoms with Crippen molar-refractivity contribution in [2.75, 3.05) is 0 Å². The number of hydrogen-bond donors (Lipinski definition) is 0. The SMILES string of the molecule is CCC1(C)CC(n2cc3ccccc3c2)C(C)C(C)(CC)N1OC(C)c1ccccc1. The smallest absolute Gasteiger partial charge is 0.102 e. The minimum Gasteiger partial charge on any atom is -0.350 e. The Hall–Kier alpha value is -2.10. The van der Waals surface area contributed by atoms with Crippen LogP contribution in [0, 0.1) is 5.92 Å². The molecule has 0 N–H and O–H groups in total. The number of aromatic nitrogens is 1. The van der Waals surface area contributed by atoms with Crippen LogP contribution in [0.5, 0.6) is 0 Å². The van der Waals surface area contributed by atoms with Gasteiger partial charge in [-0.2, -0.15) is 5.06 Å². The Morgan fingerprint density at radius 1 is 0.935 bits per heavy atom. The molecule has 3 heteroatoms. The predicted octanol–water partition coefficient (Wildman–Crippen LogP) is 7.55. The quantitative estimate of drug-likeness (QED) is 0.411. The maximum Gasteiger partial charge on any atom is 0.102 e. The average Bonchev–Trinajstić information content (AvgIpc) is 3.23. The molecule has 0 radical (unpaired) electrons. The van der Waals surface area contributed by atoms with E-state index in [1.807, 2.05) is 0 Å². The van der Waals surface area contributed by atoms with E-state index in [0.29, 0.717) is 12.0 Å². The molecule has 1 aliphatic rings. The highest BCUT2D eigenvalue weighted by Crippen LogP contribution is 2.51.